The van der Waals surface area contributed by atoms with Crippen molar-refractivity contribution in [3.63, 3.8) is 0 Å². The molecule has 1 heterocycles. The lowest BCUT2D eigenvalue weighted by Gasteiger charge is -2.31. The fraction of sp³-hybridized carbons (Fsp3) is 0.571. The molecule has 1 fully saturated rings. The smallest absolute Gasteiger partial charge is 0.0894 e. The zero-order valence-corrected chi connectivity index (χ0v) is 11.9. The Morgan fingerprint density at radius 3 is 2.78 bits per heavy atom. The molecular formula is C14H22N2OS. The van der Waals surface area contributed by atoms with Crippen LogP contribution in [0.3, 0.4) is 0 Å². The Morgan fingerprint density at radius 1 is 1.44 bits per heavy atom. The summed E-state index contributed by atoms with van der Waals surface area (Å²) in [5.41, 5.74) is 1.30. The number of benzene rings is 1. The van der Waals surface area contributed by atoms with Crippen molar-refractivity contribution in [3.05, 3.63) is 29.8 Å². The number of ether oxygens (including phenoxy) is 1. The Kier molecular flexibility index (Phi) is 5.50. The van der Waals surface area contributed by atoms with Gasteiger partial charge in [-0.05, 0) is 30.5 Å². The topological polar surface area (TPSA) is 33.3 Å². The van der Waals surface area contributed by atoms with E-state index in [4.69, 9.17) is 4.74 Å². The Hall–Kier alpha value is -0.550. The lowest BCUT2D eigenvalue weighted by Crippen LogP contribution is -2.45. The van der Waals surface area contributed by atoms with E-state index < -0.39 is 0 Å². The summed E-state index contributed by atoms with van der Waals surface area (Å²) in [4.78, 5) is 1.33. The molecule has 4 heteroatoms. The first-order valence-electron chi connectivity index (χ1n) is 6.57. The first-order valence-corrected chi connectivity index (χ1v) is 7.56. The molecular weight excluding hydrogens is 244 g/mol. The standard InChI is InChI=1S/C14H22N2OS/c1-3-18-12-6-4-11(5-7-12)14(15-2)13-10-16-8-9-17-13/h4-7,13-16H,3,8-10H2,1-2H3. The highest BCUT2D eigenvalue weighted by molar-refractivity contribution is 7.99. The van der Waals surface area contributed by atoms with Gasteiger partial charge in [-0.25, -0.2) is 0 Å². The molecule has 1 aliphatic rings. The molecule has 3 nitrogen and oxygen atoms in total. The average Bonchev–Trinajstić information content (AvgIpc) is 2.43. The summed E-state index contributed by atoms with van der Waals surface area (Å²) in [5, 5.41) is 6.75. The van der Waals surface area contributed by atoms with Gasteiger partial charge in [0.25, 0.3) is 0 Å². The van der Waals surface area contributed by atoms with Crippen molar-refractivity contribution in [1.82, 2.24) is 10.6 Å². The summed E-state index contributed by atoms with van der Waals surface area (Å²) in [6.07, 6.45) is 0.216. The van der Waals surface area contributed by atoms with E-state index in [1.165, 1.54) is 10.5 Å². The van der Waals surface area contributed by atoms with Crippen LogP contribution in [0, 0.1) is 0 Å². The van der Waals surface area contributed by atoms with Gasteiger partial charge in [0.05, 0.1) is 18.8 Å². The van der Waals surface area contributed by atoms with Gasteiger partial charge in [0.2, 0.25) is 0 Å². The van der Waals surface area contributed by atoms with Gasteiger partial charge in [-0.1, -0.05) is 19.1 Å². The van der Waals surface area contributed by atoms with Gasteiger partial charge in [-0.3, -0.25) is 0 Å². The number of nitrogens with one attached hydrogen (secondary N) is 2. The van der Waals surface area contributed by atoms with E-state index in [9.17, 15) is 0 Å². The monoisotopic (exact) mass is 266 g/mol. The minimum absolute atomic E-state index is 0.216. The second-order valence-corrected chi connectivity index (χ2v) is 5.72. The number of thioether (sulfide) groups is 1. The van der Waals surface area contributed by atoms with Crippen LogP contribution in [0.4, 0.5) is 0 Å². The number of rotatable bonds is 5. The Balaban J connectivity index is 2.06. The predicted molar refractivity (Wildman–Crippen MR) is 77.3 cm³/mol. The summed E-state index contributed by atoms with van der Waals surface area (Å²) in [6, 6.07) is 9.07. The third-order valence-electron chi connectivity index (χ3n) is 3.19. The third-order valence-corrected chi connectivity index (χ3v) is 4.08. The van der Waals surface area contributed by atoms with Gasteiger partial charge in [-0.15, -0.1) is 11.8 Å². The number of hydrogen-bond donors (Lipinski definition) is 2. The lowest BCUT2D eigenvalue weighted by atomic mass is 10.0. The number of likely N-dealkylation sites (N-methyl/N-ethyl adjacent to an activating group) is 1. The van der Waals surface area contributed by atoms with Crippen LogP contribution in [-0.4, -0.2) is 38.6 Å². The van der Waals surface area contributed by atoms with Gasteiger partial charge in [0.15, 0.2) is 0 Å². The van der Waals surface area contributed by atoms with E-state index in [2.05, 4.69) is 41.8 Å². The predicted octanol–water partition coefficient (Wildman–Crippen LogP) is 2.05. The van der Waals surface area contributed by atoms with Crippen LogP contribution in [0.15, 0.2) is 29.2 Å². The summed E-state index contributed by atoms with van der Waals surface area (Å²) in [7, 11) is 2.00. The highest BCUT2D eigenvalue weighted by Gasteiger charge is 2.24. The average molecular weight is 266 g/mol. The van der Waals surface area contributed by atoms with E-state index in [1.807, 2.05) is 18.8 Å². The normalized spacial score (nSPS) is 21.8. The molecule has 1 aromatic carbocycles. The second kappa shape index (κ2) is 7.14. The molecule has 1 saturated heterocycles. The molecule has 0 bridgehead atoms. The molecule has 1 aliphatic heterocycles. The van der Waals surface area contributed by atoms with Crippen molar-refractivity contribution in [2.75, 3.05) is 32.5 Å². The molecule has 2 atom stereocenters. The first kappa shape index (κ1) is 13.9. The Labute approximate surface area is 114 Å². The lowest BCUT2D eigenvalue weighted by molar-refractivity contribution is 0.00537. The highest BCUT2D eigenvalue weighted by atomic mass is 32.2. The largest absolute Gasteiger partial charge is 0.374 e. The molecule has 2 unspecified atom stereocenters. The quantitative estimate of drug-likeness (QED) is 0.799. The Bertz CT molecular complexity index is 349. The Morgan fingerprint density at radius 2 is 2.22 bits per heavy atom. The molecule has 2 N–H and O–H groups in total. The molecule has 0 radical (unpaired) electrons. The maximum Gasteiger partial charge on any atom is 0.0894 e. The van der Waals surface area contributed by atoms with Crippen molar-refractivity contribution in [3.8, 4) is 0 Å². The van der Waals surface area contributed by atoms with Crippen LogP contribution >= 0.6 is 11.8 Å². The van der Waals surface area contributed by atoms with E-state index in [-0.39, 0.29) is 12.1 Å². The number of morpholine rings is 1. The van der Waals surface area contributed by atoms with Crippen molar-refractivity contribution < 1.29 is 4.74 Å². The summed E-state index contributed by atoms with van der Waals surface area (Å²) < 4.78 is 5.83. The van der Waals surface area contributed by atoms with Gasteiger partial charge >= 0.3 is 0 Å². The molecule has 0 saturated carbocycles. The van der Waals surface area contributed by atoms with Crippen LogP contribution in [0.1, 0.15) is 18.5 Å². The maximum absolute atomic E-state index is 5.83. The molecule has 0 amide bonds. The molecule has 0 aromatic heterocycles. The molecule has 100 valence electrons. The van der Waals surface area contributed by atoms with E-state index >= 15 is 0 Å². The minimum atomic E-state index is 0.216. The highest BCUT2D eigenvalue weighted by Crippen LogP contribution is 2.24. The zero-order valence-electron chi connectivity index (χ0n) is 11.1. The van der Waals surface area contributed by atoms with Crippen LogP contribution in [-0.2, 0) is 4.74 Å². The molecule has 2 rings (SSSR count). The van der Waals surface area contributed by atoms with E-state index in [0.29, 0.717) is 0 Å². The van der Waals surface area contributed by atoms with Crippen LogP contribution < -0.4 is 10.6 Å². The van der Waals surface area contributed by atoms with Gasteiger partial charge < -0.3 is 15.4 Å². The van der Waals surface area contributed by atoms with Crippen molar-refractivity contribution in [2.24, 2.45) is 0 Å². The second-order valence-electron chi connectivity index (χ2n) is 4.38. The minimum Gasteiger partial charge on any atom is -0.374 e. The van der Waals surface area contributed by atoms with Crippen LogP contribution in [0.2, 0.25) is 0 Å². The van der Waals surface area contributed by atoms with Crippen LogP contribution in [0.5, 0.6) is 0 Å². The maximum atomic E-state index is 5.83. The fourth-order valence-corrected chi connectivity index (χ4v) is 2.97. The van der Waals surface area contributed by atoms with Gasteiger partial charge in [0.1, 0.15) is 0 Å². The zero-order chi connectivity index (χ0) is 12.8. The summed E-state index contributed by atoms with van der Waals surface area (Å²) in [6.45, 7) is 4.85. The van der Waals surface area contributed by atoms with Crippen molar-refractivity contribution in [2.45, 2.75) is 24.0 Å². The molecule has 0 spiro atoms. The number of hydrogen-bond acceptors (Lipinski definition) is 4. The third kappa shape index (κ3) is 3.48. The molecule has 0 aliphatic carbocycles. The SMILES string of the molecule is CCSc1ccc(C(NC)C2CNCCO2)cc1. The van der Waals surface area contributed by atoms with Crippen LogP contribution in [0.25, 0.3) is 0 Å². The van der Waals surface area contributed by atoms with E-state index in [0.717, 1.165) is 25.4 Å². The summed E-state index contributed by atoms with van der Waals surface area (Å²) in [5.74, 6) is 1.12. The summed E-state index contributed by atoms with van der Waals surface area (Å²) >= 11 is 1.87. The van der Waals surface area contributed by atoms with E-state index in [1.54, 1.807) is 0 Å². The van der Waals surface area contributed by atoms with Crippen molar-refractivity contribution >= 4 is 11.8 Å². The molecule has 1 aromatic rings. The van der Waals surface area contributed by atoms with Gasteiger partial charge in [-0.2, -0.15) is 0 Å². The van der Waals surface area contributed by atoms with Crippen molar-refractivity contribution in [1.29, 1.82) is 0 Å². The van der Waals surface area contributed by atoms with Gasteiger partial charge in [0, 0.05) is 18.0 Å². The molecule has 18 heavy (non-hydrogen) atoms. The fourth-order valence-electron chi connectivity index (χ4n) is 2.31. The first-order chi connectivity index (χ1) is 8.85.